The van der Waals surface area contributed by atoms with E-state index in [1.54, 1.807) is 11.3 Å². The van der Waals surface area contributed by atoms with Gasteiger partial charge in [-0.1, -0.05) is 12.8 Å². The molecule has 1 aromatic rings. The van der Waals surface area contributed by atoms with Crippen LogP contribution in [0.4, 0.5) is 0 Å². The molecule has 2 rings (SSSR count). The first kappa shape index (κ1) is 12.8. The van der Waals surface area contributed by atoms with Gasteiger partial charge in [-0.15, -0.1) is 11.3 Å². The first-order chi connectivity index (χ1) is 8.27. The zero-order chi connectivity index (χ0) is 12.1. The minimum Gasteiger partial charge on any atom is -0.303 e. The van der Waals surface area contributed by atoms with Crippen molar-refractivity contribution in [2.45, 2.75) is 39.0 Å². The van der Waals surface area contributed by atoms with Crippen LogP contribution in [0.2, 0.25) is 0 Å². The van der Waals surface area contributed by atoms with Gasteiger partial charge < -0.3 is 4.90 Å². The molecule has 1 aliphatic rings. The summed E-state index contributed by atoms with van der Waals surface area (Å²) >= 11 is 1.58. The standard InChI is InChI=1S/C14H21NOS/c1-12-7-11-17-14(12)13(16)6-10-15-8-4-2-3-5-9-15/h7,11H,2-6,8-10H2,1H3. The average Bonchev–Trinajstić information content (AvgIpc) is 2.61. The van der Waals surface area contributed by atoms with Gasteiger partial charge in [0, 0.05) is 13.0 Å². The van der Waals surface area contributed by atoms with Crippen LogP contribution in [0, 0.1) is 6.92 Å². The van der Waals surface area contributed by atoms with Crippen LogP contribution in [0.5, 0.6) is 0 Å². The fraction of sp³-hybridized carbons (Fsp3) is 0.643. The van der Waals surface area contributed by atoms with Gasteiger partial charge >= 0.3 is 0 Å². The van der Waals surface area contributed by atoms with Gasteiger partial charge in [-0.2, -0.15) is 0 Å². The molecule has 0 radical (unpaired) electrons. The Kier molecular flexibility index (Phi) is 4.75. The third-order valence-corrected chi connectivity index (χ3v) is 4.53. The van der Waals surface area contributed by atoms with Crippen molar-refractivity contribution < 1.29 is 4.79 Å². The van der Waals surface area contributed by atoms with Crippen molar-refractivity contribution in [3.63, 3.8) is 0 Å². The van der Waals surface area contributed by atoms with Gasteiger partial charge in [0.1, 0.15) is 0 Å². The summed E-state index contributed by atoms with van der Waals surface area (Å²) < 4.78 is 0. The number of hydrogen-bond acceptors (Lipinski definition) is 3. The molecule has 0 unspecified atom stereocenters. The summed E-state index contributed by atoms with van der Waals surface area (Å²) in [5.41, 5.74) is 1.14. The van der Waals surface area contributed by atoms with E-state index in [2.05, 4.69) is 4.90 Å². The Hall–Kier alpha value is -0.670. The van der Waals surface area contributed by atoms with Crippen molar-refractivity contribution >= 4 is 17.1 Å². The summed E-state index contributed by atoms with van der Waals surface area (Å²) in [4.78, 5) is 15.4. The van der Waals surface area contributed by atoms with E-state index in [4.69, 9.17) is 0 Å². The average molecular weight is 251 g/mol. The van der Waals surface area contributed by atoms with Crippen molar-refractivity contribution in [1.82, 2.24) is 4.90 Å². The molecule has 1 saturated heterocycles. The summed E-state index contributed by atoms with van der Waals surface area (Å²) in [6.07, 6.45) is 5.99. The van der Waals surface area contributed by atoms with Crippen molar-refractivity contribution in [1.29, 1.82) is 0 Å². The second kappa shape index (κ2) is 6.31. The molecule has 0 spiro atoms. The molecule has 3 heteroatoms. The van der Waals surface area contributed by atoms with Crippen molar-refractivity contribution in [3.05, 3.63) is 21.9 Å². The molecule has 1 aliphatic heterocycles. The molecule has 17 heavy (non-hydrogen) atoms. The minimum absolute atomic E-state index is 0.321. The second-order valence-corrected chi connectivity index (χ2v) is 5.78. The molecule has 2 heterocycles. The Morgan fingerprint density at radius 2 is 2.00 bits per heavy atom. The maximum absolute atomic E-state index is 12.0. The van der Waals surface area contributed by atoms with Gasteiger partial charge in [-0.25, -0.2) is 0 Å². The van der Waals surface area contributed by atoms with Crippen LogP contribution in [0.3, 0.4) is 0 Å². The normalized spacial score (nSPS) is 17.9. The fourth-order valence-electron chi connectivity index (χ4n) is 2.39. The molecule has 0 bridgehead atoms. The number of carbonyl (C=O) groups excluding carboxylic acids is 1. The van der Waals surface area contributed by atoms with E-state index in [-0.39, 0.29) is 0 Å². The highest BCUT2D eigenvalue weighted by Crippen LogP contribution is 2.18. The molecule has 1 fully saturated rings. The highest BCUT2D eigenvalue weighted by molar-refractivity contribution is 7.12. The number of rotatable bonds is 4. The molecule has 2 nitrogen and oxygen atoms in total. The van der Waals surface area contributed by atoms with Crippen LogP contribution >= 0.6 is 11.3 Å². The number of likely N-dealkylation sites (tertiary alicyclic amines) is 1. The number of hydrogen-bond donors (Lipinski definition) is 0. The quantitative estimate of drug-likeness (QED) is 0.763. The van der Waals surface area contributed by atoms with Gasteiger partial charge in [0.25, 0.3) is 0 Å². The molecule has 0 N–H and O–H groups in total. The van der Waals surface area contributed by atoms with E-state index in [0.29, 0.717) is 12.2 Å². The lowest BCUT2D eigenvalue weighted by atomic mass is 10.1. The van der Waals surface area contributed by atoms with Crippen LogP contribution in [0.1, 0.15) is 47.3 Å². The lowest BCUT2D eigenvalue weighted by Crippen LogP contribution is -2.27. The Labute approximate surface area is 108 Å². The highest BCUT2D eigenvalue weighted by atomic mass is 32.1. The van der Waals surface area contributed by atoms with E-state index < -0.39 is 0 Å². The number of Topliss-reactive ketones (excluding diaryl/α,β-unsaturated/α-hetero) is 1. The van der Waals surface area contributed by atoms with E-state index in [9.17, 15) is 4.79 Å². The summed E-state index contributed by atoms with van der Waals surface area (Å²) in [5, 5.41) is 2.01. The molecule has 94 valence electrons. The fourth-order valence-corrected chi connectivity index (χ4v) is 3.29. The van der Waals surface area contributed by atoms with E-state index in [1.165, 1.54) is 38.8 Å². The highest BCUT2D eigenvalue weighted by Gasteiger charge is 2.14. The number of carbonyl (C=O) groups is 1. The van der Waals surface area contributed by atoms with Gasteiger partial charge in [0.2, 0.25) is 0 Å². The Morgan fingerprint density at radius 3 is 2.59 bits per heavy atom. The maximum Gasteiger partial charge on any atom is 0.174 e. The zero-order valence-corrected chi connectivity index (χ0v) is 11.4. The van der Waals surface area contributed by atoms with Crippen LogP contribution in [0.15, 0.2) is 11.4 Å². The molecule has 0 atom stereocenters. The summed E-state index contributed by atoms with van der Waals surface area (Å²) in [5.74, 6) is 0.321. The number of aryl methyl sites for hydroxylation is 1. The third-order valence-electron chi connectivity index (χ3n) is 3.47. The summed E-state index contributed by atoms with van der Waals surface area (Å²) in [7, 11) is 0. The maximum atomic E-state index is 12.0. The molecule has 0 saturated carbocycles. The molecule has 0 amide bonds. The topological polar surface area (TPSA) is 20.3 Å². The lowest BCUT2D eigenvalue weighted by Gasteiger charge is -2.18. The van der Waals surface area contributed by atoms with Crippen LogP contribution in [0.25, 0.3) is 0 Å². The predicted molar refractivity (Wildman–Crippen MR) is 72.9 cm³/mol. The second-order valence-electron chi connectivity index (χ2n) is 4.86. The third kappa shape index (κ3) is 3.65. The van der Waals surface area contributed by atoms with Crippen LogP contribution in [-0.4, -0.2) is 30.3 Å². The minimum atomic E-state index is 0.321. The smallest absolute Gasteiger partial charge is 0.174 e. The van der Waals surface area contributed by atoms with Gasteiger partial charge in [-0.05, 0) is 49.9 Å². The Bertz CT molecular complexity index is 364. The van der Waals surface area contributed by atoms with Crippen LogP contribution in [-0.2, 0) is 0 Å². The molecular formula is C14H21NOS. The summed E-state index contributed by atoms with van der Waals surface area (Å²) in [6, 6.07) is 2.03. The molecule has 0 aliphatic carbocycles. The van der Waals surface area contributed by atoms with Crippen LogP contribution < -0.4 is 0 Å². The largest absolute Gasteiger partial charge is 0.303 e. The number of ketones is 1. The van der Waals surface area contributed by atoms with Gasteiger partial charge in [0.05, 0.1) is 4.88 Å². The first-order valence-electron chi connectivity index (χ1n) is 6.57. The van der Waals surface area contributed by atoms with E-state index in [0.717, 1.165) is 17.0 Å². The summed E-state index contributed by atoms with van der Waals surface area (Å²) in [6.45, 7) is 5.32. The number of nitrogens with zero attached hydrogens (tertiary/aromatic N) is 1. The predicted octanol–water partition coefficient (Wildman–Crippen LogP) is 3.51. The molecule has 1 aromatic heterocycles. The van der Waals surface area contributed by atoms with Gasteiger partial charge in [-0.3, -0.25) is 4.79 Å². The molecule has 0 aromatic carbocycles. The van der Waals surface area contributed by atoms with Crippen molar-refractivity contribution in [2.75, 3.05) is 19.6 Å². The first-order valence-corrected chi connectivity index (χ1v) is 7.45. The van der Waals surface area contributed by atoms with Gasteiger partial charge in [0.15, 0.2) is 5.78 Å². The SMILES string of the molecule is Cc1ccsc1C(=O)CCN1CCCCCC1. The van der Waals surface area contributed by atoms with Crippen molar-refractivity contribution in [3.8, 4) is 0 Å². The lowest BCUT2D eigenvalue weighted by molar-refractivity contribution is 0.0968. The number of thiophene rings is 1. The molecular weight excluding hydrogens is 230 g/mol. The van der Waals surface area contributed by atoms with E-state index >= 15 is 0 Å². The Balaban J connectivity index is 1.81. The van der Waals surface area contributed by atoms with E-state index in [1.807, 2.05) is 18.4 Å². The zero-order valence-electron chi connectivity index (χ0n) is 10.6. The van der Waals surface area contributed by atoms with Crippen molar-refractivity contribution in [2.24, 2.45) is 0 Å². The Morgan fingerprint density at radius 1 is 1.29 bits per heavy atom. The monoisotopic (exact) mass is 251 g/mol.